The van der Waals surface area contributed by atoms with Gasteiger partial charge in [-0.2, -0.15) is 0 Å². The normalized spacial score (nSPS) is 22.8. The lowest BCUT2D eigenvalue weighted by Gasteiger charge is -2.23. The third-order valence-corrected chi connectivity index (χ3v) is 5.94. The van der Waals surface area contributed by atoms with E-state index in [2.05, 4.69) is 21.2 Å². The Balaban J connectivity index is 2.30. The van der Waals surface area contributed by atoms with Crippen LogP contribution in [0.15, 0.2) is 16.6 Å². The second-order valence-corrected chi connectivity index (χ2v) is 8.53. The zero-order valence-electron chi connectivity index (χ0n) is 11.9. The van der Waals surface area contributed by atoms with Crippen LogP contribution in [0.1, 0.15) is 24.8 Å². The van der Waals surface area contributed by atoms with Gasteiger partial charge in [-0.3, -0.25) is 0 Å². The molecule has 1 N–H and O–H groups in total. The number of rotatable bonds is 4. The molecule has 0 heterocycles. The highest BCUT2D eigenvalue weighted by Gasteiger charge is 2.35. The molecule has 1 aromatic rings. The molecule has 2 atom stereocenters. The number of benzene rings is 1. The van der Waals surface area contributed by atoms with Crippen molar-refractivity contribution in [3.8, 4) is 5.75 Å². The minimum absolute atomic E-state index is 0.0428. The summed E-state index contributed by atoms with van der Waals surface area (Å²) < 4.78 is 30.0. The van der Waals surface area contributed by atoms with Crippen LogP contribution in [0.4, 0.5) is 5.69 Å². The Morgan fingerprint density at radius 3 is 2.65 bits per heavy atom. The Hall–Kier alpha value is -0.750. The van der Waals surface area contributed by atoms with Gasteiger partial charge in [-0.1, -0.05) is 15.9 Å². The minimum atomic E-state index is -3.02. The molecule has 20 heavy (non-hydrogen) atoms. The van der Waals surface area contributed by atoms with Crippen molar-refractivity contribution in [2.75, 3.05) is 18.7 Å². The van der Waals surface area contributed by atoms with Gasteiger partial charge in [-0.25, -0.2) is 8.42 Å². The lowest BCUT2D eigenvalue weighted by Crippen LogP contribution is -2.34. The molecule has 1 fully saturated rings. The Morgan fingerprint density at radius 1 is 1.35 bits per heavy atom. The standard InChI is InChI=1S/C14H20BrNO3S/c1-9-7-10(15)8-12(19-2)14(9)16-11-5-4-6-13(11)20(3,17)18/h7-8,11,13,16H,4-6H2,1-3H3. The Kier molecular flexibility index (Phi) is 4.64. The molecule has 2 unspecified atom stereocenters. The van der Waals surface area contributed by atoms with Crippen molar-refractivity contribution in [1.29, 1.82) is 0 Å². The quantitative estimate of drug-likeness (QED) is 0.894. The second-order valence-electron chi connectivity index (χ2n) is 5.35. The zero-order valence-corrected chi connectivity index (χ0v) is 14.3. The van der Waals surface area contributed by atoms with Crippen LogP contribution in [-0.4, -0.2) is 33.1 Å². The predicted molar refractivity (Wildman–Crippen MR) is 85.3 cm³/mol. The van der Waals surface area contributed by atoms with Crippen LogP contribution in [0.5, 0.6) is 5.75 Å². The summed E-state index contributed by atoms with van der Waals surface area (Å²) in [6.45, 7) is 1.99. The predicted octanol–water partition coefficient (Wildman–Crippen LogP) is 3.14. The van der Waals surface area contributed by atoms with Crippen molar-refractivity contribution in [2.24, 2.45) is 0 Å². The summed E-state index contributed by atoms with van der Waals surface area (Å²) in [6.07, 6.45) is 3.86. The maximum Gasteiger partial charge on any atom is 0.152 e. The SMILES string of the molecule is COc1cc(Br)cc(C)c1NC1CCCC1S(C)(=O)=O. The lowest BCUT2D eigenvalue weighted by atomic mass is 10.1. The summed E-state index contributed by atoms with van der Waals surface area (Å²) in [6, 6.07) is 3.84. The lowest BCUT2D eigenvalue weighted by molar-refractivity contribution is 0.415. The van der Waals surface area contributed by atoms with Crippen molar-refractivity contribution in [3.05, 3.63) is 22.2 Å². The molecule has 0 spiro atoms. The van der Waals surface area contributed by atoms with Crippen LogP contribution in [0, 0.1) is 6.92 Å². The van der Waals surface area contributed by atoms with Crippen LogP contribution in [0.2, 0.25) is 0 Å². The summed E-state index contributed by atoms with van der Waals surface area (Å²) in [5.74, 6) is 0.732. The number of hydrogen-bond donors (Lipinski definition) is 1. The number of aryl methyl sites for hydroxylation is 1. The summed E-state index contributed by atoms with van der Waals surface area (Å²) in [7, 11) is -1.40. The number of halogens is 1. The molecular formula is C14H20BrNO3S. The number of nitrogens with one attached hydrogen (secondary N) is 1. The first-order valence-electron chi connectivity index (χ1n) is 6.62. The molecular weight excluding hydrogens is 342 g/mol. The van der Waals surface area contributed by atoms with Crippen LogP contribution in [0.25, 0.3) is 0 Å². The van der Waals surface area contributed by atoms with Crippen molar-refractivity contribution >= 4 is 31.5 Å². The molecule has 1 saturated carbocycles. The highest BCUT2D eigenvalue weighted by atomic mass is 79.9. The number of hydrogen-bond acceptors (Lipinski definition) is 4. The largest absolute Gasteiger partial charge is 0.495 e. The van der Waals surface area contributed by atoms with Gasteiger partial charge in [-0.15, -0.1) is 0 Å². The van der Waals surface area contributed by atoms with E-state index in [1.54, 1.807) is 7.11 Å². The van der Waals surface area contributed by atoms with Crippen molar-refractivity contribution in [3.63, 3.8) is 0 Å². The molecule has 112 valence electrons. The smallest absolute Gasteiger partial charge is 0.152 e. The summed E-state index contributed by atoms with van der Waals surface area (Å²) in [4.78, 5) is 0. The van der Waals surface area contributed by atoms with Crippen molar-refractivity contribution in [1.82, 2.24) is 0 Å². The minimum Gasteiger partial charge on any atom is -0.495 e. The molecule has 1 aromatic carbocycles. The van der Waals surface area contributed by atoms with Gasteiger partial charge in [0, 0.05) is 16.8 Å². The Labute approximate surface area is 129 Å². The van der Waals surface area contributed by atoms with Crippen LogP contribution in [0.3, 0.4) is 0 Å². The van der Waals surface area contributed by atoms with Crippen molar-refractivity contribution < 1.29 is 13.2 Å². The van der Waals surface area contributed by atoms with E-state index in [-0.39, 0.29) is 11.3 Å². The van der Waals surface area contributed by atoms with E-state index in [0.717, 1.165) is 40.7 Å². The molecule has 0 aliphatic heterocycles. The van der Waals surface area contributed by atoms with Gasteiger partial charge in [0.2, 0.25) is 0 Å². The molecule has 1 aliphatic rings. The fourth-order valence-electron chi connectivity index (χ4n) is 2.85. The number of anilines is 1. The second kappa shape index (κ2) is 5.93. The number of sulfone groups is 1. The Morgan fingerprint density at radius 2 is 2.05 bits per heavy atom. The summed E-state index contributed by atoms with van der Waals surface area (Å²) in [5, 5.41) is 3.08. The van der Waals surface area contributed by atoms with Gasteiger partial charge >= 0.3 is 0 Å². The first-order valence-corrected chi connectivity index (χ1v) is 9.37. The molecule has 0 bridgehead atoms. The molecule has 0 saturated heterocycles. The molecule has 4 nitrogen and oxygen atoms in total. The average molecular weight is 362 g/mol. The van der Waals surface area contributed by atoms with Crippen LogP contribution >= 0.6 is 15.9 Å². The van der Waals surface area contributed by atoms with Gasteiger partial charge in [0.15, 0.2) is 9.84 Å². The third kappa shape index (κ3) is 3.28. The molecule has 6 heteroatoms. The van der Waals surface area contributed by atoms with E-state index in [4.69, 9.17) is 4.74 Å². The van der Waals surface area contributed by atoms with E-state index in [0.29, 0.717) is 0 Å². The highest BCUT2D eigenvalue weighted by Crippen LogP contribution is 2.35. The van der Waals surface area contributed by atoms with E-state index in [1.807, 2.05) is 19.1 Å². The molecule has 1 aliphatic carbocycles. The van der Waals surface area contributed by atoms with Gasteiger partial charge in [0.1, 0.15) is 5.75 Å². The highest BCUT2D eigenvalue weighted by molar-refractivity contribution is 9.10. The third-order valence-electron chi connectivity index (χ3n) is 3.82. The maximum atomic E-state index is 11.8. The van der Waals surface area contributed by atoms with Gasteiger partial charge in [0.05, 0.1) is 18.0 Å². The topological polar surface area (TPSA) is 55.4 Å². The van der Waals surface area contributed by atoms with Gasteiger partial charge < -0.3 is 10.1 Å². The molecule has 2 rings (SSSR count). The van der Waals surface area contributed by atoms with Crippen LogP contribution < -0.4 is 10.1 Å². The van der Waals surface area contributed by atoms with E-state index in [9.17, 15) is 8.42 Å². The molecule has 0 amide bonds. The van der Waals surface area contributed by atoms with E-state index < -0.39 is 9.84 Å². The first kappa shape index (κ1) is 15.6. The monoisotopic (exact) mass is 361 g/mol. The fraction of sp³-hybridized carbons (Fsp3) is 0.571. The fourth-order valence-corrected chi connectivity index (χ4v) is 4.79. The molecule has 0 radical (unpaired) electrons. The first-order chi connectivity index (χ1) is 9.32. The van der Waals surface area contributed by atoms with E-state index >= 15 is 0 Å². The molecule has 0 aromatic heterocycles. The maximum absolute atomic E-state index is 11.8. The van der Waals surface area contributed by atoms with Crippen molar-refractivity contribution in [2.45, 2.75) is 37.5 Å². The van der Waals surface area contributed by atoms with E-state index in [1.165, 1.54) is 6.26 Å². The van der Waals surface area contributed by atoms with Crippen LogP contribution in [-0.2, 0) is 9.84 Å². The summed E-state index contributed by atoms with van der Waals surface area (Å²) in [5.41, 5.74) is 1.92. The number of ether oxygens (including phenoxy) is 1. The summed E-state index contributed by atoms with van der Waals surface area (Å²) >= 11 is 3.44. The van der Waals surface area contributed by atoms with Gasteiger partial charge in [-0.05, 0) is 43.9 Å². The van der Waals surface area contributed by atoms with Gasteiger partial charge in [0.25, 0.3) is 0 Å². The number of methoxy groups -OCH3 is 1. The Bertz CT molecular complexity index is 601. The average Bonchev–Trinajstić information content (AvgIpc) is 2.80. The zero-order chi connectivity index (χ0) is 14.9.